The Morgan fingerprint density at radius 2 is 2.10 bits per heavy atom. The van der Waals surface area contributed by atoms with Crippen LogP contribution in [0.25, 0.3) is 16.9 Å². The Labute approximate surface area is 166 Å². The smallest absolute Gasteiger partial charge is 0.274 e. The number of carbonyl (C=O) groups excluding carboxylic acids is 1. The number of hydrogen-bond donors (Lipinski definition) is 1. The first-order valence-corrected chi connectivity index (χ1v) is 9.57. The van der Waals surface area contributed by atoms with Gasteiger partial charge in [-0.25, -0.2) is 14.4 Å². The molecule has 0 spiro atoms. The van der Waals surface area contributed by atoms with Gasteiger partial charge in [0.2, 0.25) is 5.78 Å². The molecule has 1 unspecified atom stereocenters. The third kappa shape index (κ3) is 3.26. The predicted octanol–water partition coefficient (Wildman–Crippen LogP) is 3.28. The summed E-state index contributed by atoms with van der Waals surface area (Å²) >= 11 is 0. The van der Waals surface area contributed by atoms with Crippen molar-refractivity contribution in [3.8, 4) is 11.1 Å². The Morgan fingerprint density at radius 1 is 1.24 bits per heavy atom. The van der Waals surface area contributed by atoms with Crippen LogP contribution in [0.4, 0.5) is 4.39 Å². The maximum atomic E-state index is 13.3. The molecule has 4 aromatic rings. The minimum Gasteiger partial charge on any atom is -0.337 e. The molecule has 8 heteroatoms. The Morgan fingerprint density at radius 3 is 2.93 bits per heavy atom. The third-order valence-electron chi connectivity index (χ3n) is 5.40. The fourth-order valence-corrected chi connectivity index (χ4v) is 3.96. The Kier molecular flexibility index (Phi) is 4.31. The number of aromatic amines is 1. The summed E-state index contributed by atoms with van der Waals surface area (Å²) in [6, 6.07) is 8.19. The number of nitrogens with zero attached hydrogens (tertiary/aromatic N) is 5. The van der Waals surface area contributed by atoms with Crippen LogP contribution in [0.2, 0.25) is 0 Å². The molecule has 0 aliphatic carbocycles. The van der Waals surface area contributed by atoms with Gasteiger partial charge in [0.15, 0.2) is 0 Å². The largest absolute Gasteiger partial charge is 0.337 e. The molecule has 0 bridgehead atoms. The first-order chi connectivity index (χ1) is 14.2. The van der Waals surface area contributed by atoms with Gasteiger partial charge in [-0.3, -0.25) is 14.3 Å². The molecule has 1 aromatic carbocycles. The standard InChI is InChI=1S/C21H19FN6O/c22-16-6-4-14(5-7-16)17-11-24-26-19(17)15-3-1-9-27(12-15)20(29)18-13-28-10-2-8-23-21(28)25-18/h2,4-8,10-11,13,15H,1,3,9,12H2,(H,24,26). The van der Waals surface area contributed by atoms with Gasteiger partial charge in [0.05, 0.1) is 6.20 Å². The van der Waals surface area contributed by atoms with Crippen LogP contribution >= 0.6 is 0 Å². The number of carbonyl (C=O) groups is 1. The summed E-state index contributed by atoms with van der Waals surface area (Å²) in [4.78, 5) is 23.4. The zero-order valence-corrected chi connectivity index (χ0v) is 15.6. The molecule has 146 valence electrons. The highest BCUT2D eigenvalue weighted by molar-refractivity contribution is 5.93. The molecule has 1 atom stereocenters. The number of nitrogens with one attached hydrogen (secondary N) is 1. The van der Waals surface area contributed by atoms with Gasteiger partial charge in [0.25, 0.3) is 5.91 Å². The summed E-state index contributed by atoms with van der Waals surface area (Å²) < 4.78 is 15.0. The van der Waals surface area contributed by atoms with E-state index in [2.05, 4.69) is 20.2 Å². The molecule has 29 heavy (non-hydrogen) atoms. The maximum Gasteiger partial charge on any atom is 0.274 e. The molecule has 1 fully saturated rings. The number of H-pyrrole nitrogens is 1. The van der Waals surface area contributed by atoms with Gasteiger partial charge in [-0.15, -0.1) is 0 Å². The van der Waals surface area contributed by atoms with Gasteiger partial charge >= 0.3 is 0 Å². The van der Waals surface area contributed by atoms with Crippen molar-refractivity contribution in [2.24, 2.45) is 0 Å². The highest BCUT2D eigenvalue weighted by Gasteiger charge is 2.29. The van der Waals surface area contributed by atoms with E-state index in [1.54, 1.807) is 41.2 Å². The monoisotopic (exact) mass is 390 g/mol. The van der Waals surface area contributed by atoms with Crippen molar-refractivity contribution in [2.75, 3.05) is 13.1 Å². The van der Waals surface area contributed by atoms with Crippen molar-refractivity contribution in [2.45, 2.75) is 18.8 Å². The lowest BCUT2D eigenvalue weighted by atomic mass is 9.90. The van der Waals surface area contributed by atoms with E-state index in [0.717, 1.165) is 29.7 Å². The van der Waals surface area contributed by atoms with E-state index >= 15 is 0 Å². The summed E-state index contributed by atoms with van der Waals surface area (Å²) in [5.41, 5.74) is 3.23. The highest BCUT2D eigenvalue weighted by Crippen LogP contribution is 2.33. The maximum absolute atomic E-state index is 13.3. The second-order valence-electron chi connectivity index (χ2n) is 7.25. The highest BCUT2D eigenvalue weighted by atomic mass is 19.1. The molecule has 1 N–H and O–H groups in total. The van der Waals surface area contributed by atoms with Crippen LogP contribution in [-0.4, -0.2) is 48.5 Å². The average molecular weight is 390 g/mol. The molecular formula is C21H19FN6O. The lowest BCUT2D eigenvalue weighted by Gasteiger charge is -2.32. The Hall–Kier alpha value is -3.55. The zero-order chi connectivity index (χ0) is 19.8. The van der Waals surface area contributed by atoms with Crippen molar-refractivity contribution in [3.05, 3.63) is 72.3 Å². The number of benzene rings is 1. The Balaban J connectivity index is 1.39. The molecule has 1 amide bonds. The molecule has 0 saturated carbocycles. The molecule has 7 nitrogen and oxygen atoms in total. The van der Waals surface area contributed by atoms with E-state index in [9.17, 15) is 9.18 Å². The number of aromatic nitrogens is 5. The molecule has 1 saturated heterocycles. The molecule has 3 aromatic heterocycles. The number of fused-ring (bicyclic) bond motifs is 1. The van der Waals surface area contributed by atoms with Crippen molar-refractivity contribution in [1.82, 2.24) is 29.5 Å². The molecule has 1 aliphatic heterocycles. The predicted molar refractivity (Wildman–Crippen MR) is 105 cm³/mol. The van der Waals surface area contributed by atoms with E-state index in [1.165, 1.54) is 12.1 Å². The summed E-state index contributed by atoms with van der Waals surface area (Å²) in [6.45, 7) is 1.27. The first kappa shape index (κ1) is 17.5. The third-order valence-corrected chi connectivity index (χ3v) is 5.40. The van der Waals surface area contributed by atoms with Crippen molar-refractivity contribution < 1.29 is 9.18 Å². The molecule has 0 radical (unpaired) electrons. The summed E-state index contributed by atoms with van der Waals surface area (Å²) in [7, 11) is 0. The lowest BCUT2D eigenvalue weighted by Crippen LogP contribution is -2.39. The summed E-state index contributed by atoms with van der Waals surface area (Å²) in [5, 5.41) is 7.30. The van der Waals surface area contributed by atoms with Crippen LogP contribution in [0.3, 0.4) is 0 Å². The quantitative estimate of drug-likeness (QED) is 0.582. The molecule has 1 aliphatic rings. The number of hydrogen-bond acceptors (Lipinski definition) is 4. The average Bonchev–Trinajstić information content (AvgIpc) is 3.41. The van der Waals surface area contributed by atoms with Crippen LogP contribution in [0.15, 0.2) is 55.1 Å². The second-order valence-corrected chi connectivity index (χ2v) is 7.25. The van der Waals surface area contributed by atoms with E-state index in [0.29, 0.717) is 24.6 Å². The summed E-state index contributed by atoms with van der Waals surface area (Å²) in [6.07, 6.45) is 8.80. The number of amides is 1. The van der Waals surface area contributed by atoms with Crippen LogP contribution in [0, 0.1) is 5.82 Å². The van der Waals surface area contributed by atoms with Crippen LogP contribution in [0.1, 0.15) is 34.9 Å². The number of likely N-dealkylation sites (tertiary alicyclic amines) is 1. The number of rotatable bonds is 3. The van der Waals surface area contributed by atoms with E-state index in [-0.39, 0.29) is 17.6 Å². The summed E-state index contributed by atoms with van der Waals surface area (Å²) in [5.74, 6) is 0.278. The first-order valence-electron chi connectivity index (χ1n) is 9.57. The van der Waals surface area contributed by atoms with E-state index in [4.69, 9.17) is 0 Å². The molecular weight excluding hydrogens is 371 g/mol. The number of piperidine rings is 1. The van der Waals surface area contributed by atoms with Gasteiger partial charge in [0, 0.05) is 48.9 Å². The number of imidazole rings is 1. The van der Waals surface area contributed by atoms with E-state index in [1.807, 2.05) is 11.1 Å². The van der Waals surface area contributed by atoms with Crippen LogP contribution < -0.4 is 0 Å². The van der Waals surface area contributed by atoms with Crippen LogP contribution in [0.5, 0.6) is 0 Å². The van der Waals surface area contributed by atoms with Gasteiger partial charge in [-0.2, -0.15) is 5.10 Å². The zero-order valence-electron chi connectivity index (χ0n) is 15.6. The lowest BCUT2D eigenvalue weighted by molar-refractivity contribution is 0.0700. The minimum absolute atomic E-state index is 0.0944. The van der Waals surface area contributed by atoms with Crippen molar-refractivity contribution in [1.29, 1.82) is 0 Å². The van der Waals surface area contributed by atoms with E-state index < -0.39 is 0 Å². The molecule has 4 heterocycles. The van der Waals surface area contributed by atoms with Gasteiger partial charge < -0.3 is 4.90 Å². The van der Waals surface area contributed by atoms with Gasteiger partial charge in [-0.1, -0.05) is 12.1 Å². The second kappa shape index (κ2) is 7.12. The number of halogens is 1. The minimum atomic E-state index is -0.268. The van der Waals surface area contributed by atoms with Gasteiger partial charge in [0.1, 0.15) is 11.5 Å². The normalized spacial score (nSPS) is 17.0. The fraction of sp³-hybridized carbons (Fsp3) is 0.238. The fourth-order valence-electron chi connectivity index (χ4n) is 3.96. The molecule has 5 rings (SSSR count). The SMILES string of the molecule is O=C(c1cn2cccnc2n1)N1CCCC(c2[nH]ncc2-c2ccc(F)cc2)C1. The topological polar surface area (TPSA) is 79.2 Å². The van der Waals surface area contributed by atoms with Crippen molar-refractivity contribution in [3.63, 3.8) is 0 Å². The van der Waals surface area contributed by atoms with Crippen LogP contribution in [-0.2, 0) is 0 Å². The Bertz CT molecular complexity index is 1130. The van der Waals surface area contributed by atoms with Gasteiger partial charge in [-0.05, 0) is 36.6 Å². The van der Waals surface area contributed by atoms with Crippen molar-refractivity contribution >= 4 is 11.7 Å².